The van der Waals surface area contributed by atoms with Gasteiger partial charge in [-0.25, -0.2) is 4.68 Å². The molecular formula is C16H13N4O2S-. The van der Waals surface area contributed by atoms with Gasteiger partial charge in [0, 0.05) is 5.75 Å². The lowest BCUT2D eigenvalue weighted by molar-refractivity contribution is -0.255. The number of rotatable bonds is 6. The summed E-state index contributed by atoms with van der Waals surface area (Å²) in [5, 5.41) is 23.2. The second kappa shape index (κ2) is 7.06. The summed E-state index contributed by atoms with van der Waals surface area (Å²) in [6, 6.07) is 16.6. The van der Waals surface area contributed by atoms with E-state index in [1.165, 1.54) is 23.9 Å². The fraction of sp³-hybridized carbons (Fsp3) is 0.125. The van der Waals surface area contributed by atoms with Gasteiger partial charge in [-0.15, -0.1) is 5.10 Å². The van der Waals surface area contributed by atoms with Crippen LogP contribution in [0, 0.1) is 0 Å². The Kier molecular flexibility index (Phi) is 4.68. The molecule has 0 N–H and O–H groups in total. The average Bonchev–Trinajstić information content (AvgIpc) is 3.01. The Morgan fingerprint density at radius 1 is 1.04 bits per heavy atom. The molecule has 0 amide bonds. The topological polar surface area (TPSA) is 83.7 Å². The maximum absolute atomic E-state index is 10.7. The second-order valence-electron chi connectivity index (χ2n) is 4.88. The molecule has 0 aliphatic carbocycles. The third-order valence-corrected chi connectivity index (χ3v) is 4.26. The van der Waals surface area contributed by atoms with E-state index in [1.54, 1.807) is 16.8 Å². The van der Waals surface area contributed by atoms with Gasteiger partial charge in [-0.05, 0) is 27.1 Å². The van der Waals surface area contributed by atoms with Crippen molar-refractivity contribution in [1.29, 1.82) is 0 Å². The molecule has 0 saturated carbocycles. The highest BCUT2D eigenvalue weighted by Crippen LogP contribution is 2.20. The van der Waals surface area contributed by atoms with Crippen LogP contribution < -0.4 is 5.11 Å². The van der Waals surface area contributed by atoms with Gasteiger partial charge in [-0.1, -0.05) is 66.4 Å². The number of tetrazole rings is 1. The number of aromatic carboxylic acids is 1. The highest BCUT2D eigenvalue weighted by molar-refractivity contribution is 7.98. The number of carbonyl (C=O) groups excluding carboxylic acids is 1. The molecule has 0 bridgehead atoms. The number of hydrogen-bond donors (Lipinski definition) is 0. The standard InChI is InChI=1S/C16H14N4O2S/c21-15(22)14-8-6-13(7-9-14)11-23-16-17-18-19-20(16)10-12-4-2-1-3-5-12/h1-9H,10-11H2,(H,21,22)/p-1. The van der Waals surface area contributed by atoms with Gasteiger partial charge in [-0.3, -0.25) is 0 Å². The molecule has 0 unspecified atom stereocenters. The molecule has 0 aliphatic rings. The van der Waals surface area contributed by atoms with E-state index in [-0.39, 0.29) is 5.56 Å². The van der Waals surface area contributed by atoms with E-state index in [0.717, 1.165) is 16.3 Å². The zero-order valence-corrected chi connectivity index (χ0v) is 12.9. The van der Waals surface area contributed by atoms with Gasteiger partial charge in [0.25, 0.3) is 0 Å². The molecule has 0 fully saturated rings. The van der Waals surface area contributed by atoms with Crippen LogP contribution in [0.5, 0.6) is 0 Å². The molecule has 2 aromatic carbocycles. The first-order chi connectivity index (χ1) is 11.2. The van der Waals surface area contributed by atoms with Crippen molar-refractivity contribution in [2.75, 3.05) is 0 Å². The van der Waals surface area contributed by atoms with E-state index in [1.807, 2.05) is 30.3 Å². The van der Waals surface area contributed by atoms with Gasteiger partial charge in [-0.2, -0.15) is 0 Å². The Labute approximate surface area is 137 Å². The molecule has 0 spiro atoms. The average molecular weight is 325 g/mol. The zero-order valence-electron chi connectivity index (χ0n) is 12.1. The number of carbonyl (C=O) groups is 1. The monoisotopic (exact) mass is 325 g/mol. The van der Waals surface area contributed by atoms with E-state index in [4.69, 9.17) is 0 Å². The van der Waals surface area contributed by atoms with E-state index < -0.39 is 5.97 Å². The van der Waals surface area contributed by atoms with Crippen molar-refractivity contribution < 1.29 is 9.90 Å². The van der Waals surface area contributed by atoms with Crippen molar-refractivity contribution in [2.24, 2.45) is 0 Å². The molecule has 7 heteroatoms. The largest absolute Gasteiger partial charge is 0.545 e. The first-order valence-electron chi connectivity index (χ1n) is 6.95. The highest BCUT2D eigenvalue weighted by Gasteiger charge is 2.08. The number of carboxylic acid groups (broad SMARTS) is 1. The first kappa shape index (κ1) is 15.2. The maximum atomic E-state index is 10.7. The summed E-state index contributed by atoms with van der Waals surface area (Å²) < 4.78 is 1.75. The molecule has 1 heterocycles. The third-order valence-electron chi connectivity index (χ3n) is 3.23. The number of hydrogen-bond acceptors (Lipinski definition) is 6. The molecule has 6 nitrogen and oxygen atoms in total. The Morgan fingerprint density at radius 2 is 1.78 bits per heavy atom. The Morgan fingerprint density at radius 3 is 2.48 bits per heavy atom. The van der Waals surface area contributed by atoms with Crippen molar-refractivity contribution in [3.05, 3.63) is 71.3 Å². The smallest absolute Gasteiger partial charge is 0.209 e. The van der Waals surface area contributed by atoms with Crippen LogP contribution in [0.1, 0.15) is 21.5 Å². The first-order valence-corrected chi connectivity index (χ1v) is 7.94. The van der Waals surface area contributed by atoms with Crippen LogP contribution in [0.2, 0.25) is 0 Å². The summed E-state index contributed by atoms with van der Waals surface area (Å²) in [4.78, 5) is 10.7. The van der Waals surface area contributed by atoms with Gasteiger partial charge in [0.05, 0.1) is 12.5 Å². The van der Waals surface area contributed by atoms with Crippen molar-refractivity contribution in [3.63, 3.8) is 0 Å². The Balaban J connectivity index is 1.65. The summed E-state index contributed by atoms with van der Waals surface area (Å²) in [5.41, 5.74) is 2.29. The summed E-state index contributed by atoms with van der Waals surface area (Å²) in [6.45, 7) is 0.611. The lowest BCUT2D eigenvalue weighted by atomic mass is 10.1. The number of carboxylic acids is 1. The SMILES string of the molecule is O=C([O-])c1ccc(CSc2nnnn2Cc2ccccc2)cc1. The highest BCUT2D eigenvalue weighted by atomic mass is 32.2. The molecule has 1 aromatic heterocycles. The molecule has 3 rings (SSSR count). The quantitative estimate of drug-likeness (QED) is 0.637. The number of benzene rings is 2. The molecule has 116 valence electrons. The molecule has 0 atom stereocenters. The minimum Gasteiger partial charge on any atom is -0.545 e. The molecule has 23 heavy (non-hydrogen) atoms. The summed E-state index contributed by atoms with van der Waals surface area (Å²) in [6.07, 6.45) is 0. The van der Waals surface area contributed by atoms with Crippen LogP contribution in [0.3, 0.4) is 0 Å². The van der Waals surface area contributed by atoms with Crippen molar-refractivity contribution in [2.45, 2.75) is 17.5 Å². The Bertz CT molecular complexity index is 787. The van der Waals surface area contributed by atoms with E-state index in [0.29, 0.717) is 12.3 Å². The van der Waals surface area contributed by atoms with Crippen molar-refractivity contribution >= 4 is 17.7 Å². The van der Waals surface area contributed by atoms with Gasteiger partial charge >= 0.3 is 0 Å². The maximum Gasteiger partial charge on any atom is 0.209 e. The number of aromatic nitrogens is 4. The van der Waals surface area contributed by atoms with Crippen molar-refractivity contribution in [3.8, 4) is 0 Å². The van der Waals surface area contributed by atoms with Gasteiger partial charge in [0.2, 0.25) is 5.16 Å². The summed E-state index contributed by atoms with van der Waals surface area (Å²) in [5.74, 6) is -0.515. The van der Waals surface area contributed by atoms with Gasteiger partial charge in [0.1, 0.15) is 0 Å². The van der Waals surface area contributed by atoms with Crippen LogP contribution in [0.25, 0.3) is 0 Å². The predicted molar refractivity (Wildman–Crippen MR) is 83.7 cm³/mol. The molecule has 0 radical (unpaired) electrons. The number of nitrogens with zero attached hydrogens (tertiary/aromatic N) is 4. The van der Waals surface area contributed by atoms with Gasteiger partial charge < -0.3 is 9.90 Å². The van der Waals surface area contributed by atoms with Crippen LogP contribution in [-0.4, -0.2) is 26.2 Å². The van der Waals surface area contributed by atoms with E-state index in [9.17, 15) is 9.90 Å². The third kappa shape index (κ3) is 3.95. The van der Waals surface area contributed by atoms with E-state index in [2.05, 4.69) is 15.5 Å². The minimum atomic E-state index is -1.17. The molecule has 0 aliphatic heterocycles. The Hall–Kier alpha value is -2.67. The molecule has 3 aromatic rings. The lowest BCUT2D eigenvalue weighted by Gasteiger charge is -2.06. The second-order valence-corrected chi connectivity index (χ2v) is 5.82. The minimum absolute atomic E-state index is 0.174. The van der Waals surface area contributed by atoms with Gasteiger partial charge in [0.15, 0.2) is 0 Å². The fourth-order valence-electron chi connectivity index (χ4n) is 2.04. The zero-order chi connectivity index (χ0) is 16.1. The van der Waals surface area contributed by atoms with Crippen molar-refractivity contribution in [1.82, 2.24) is 20.2 Å². The van der Waals surface area contributed by atoms with Crippen LogP contribution >= 0.6 is 11.8 Å². The summed E-state index contributed by atoms with van der Waals surface area (Å²) >= 11 is 1.50. The molecule has 0 saturated heterocycles. The van der Waals surface area contributed by atoms with E-state index >= 15 is 0 Å². The van der Waals surface area contributed by atoms with Crippen LogP contribution in [-0.2, 0) is 12.3 Å². The van der Waals surface area contributed by atoms with Crippen LogP contribution in [0.15, 0.2) is 59.8 Å². The predicted octanol–water partition coefficient (Wildman–Crippen LogP) is 1.38. The normalized spacial score (nSPS) is 10.6. The fourth-order valence-corrected chi connectivity index (χ4v) is 2.87. The molecular weight excluding hydrogens is 312 g/mol. The number of thioether (sulfide) groups is 1. The van der Waals surface area contributed by atoms with Crippen LogP contribution in [0.4, 0.5) is 0 Å². The lowest BCUT2D eigenvalue weighted by Crippen LogP contribution is -2.21. The summed E-state index contributed by atoms with van der Waals surface area (Å²) in [7, 11) is 0.